The zero-order chi connectivity index (χ0) is 13.8. The number of rotatable bonds is 3. The van der Waals surface area contributed by atoms with E-state index in [0.717, 1.165) is 5.56 Å². The number of aromatic hydroxyl groups is 2. The van der Waals surface area contributed by atoms with Crippen molar-refractivity contribution in [2.24, 2.45) is 0 Å². The Kier molecular flexibility index (Phi) is 3.92. The fraction of sp³-hybridized carbons (Fsp3) is 0.0714. The molecule has 0 heterocycles. The molecule has 0 aliphatic rings. The lowest BCUT2D eigenvalue weighted by Crippen LogP contribution is -2.23. The summed E-state index contributed by atoms with van der Waals surface area (Å²) in [6, 6.07) is 10.8. The minimum Gasteiger partial charge on any atom is -0.508 e. The van der Waals surface area contributed by atoms with Crippen LogP contribution in [0.15, 0.2) is 42.5 Å². The molecule has 19 heavy (non-hydrogen) atoms. The lowest BCUT2D eigenvalue weighted by atomic mass is 10.1. The van der Waals surface area contributed by atoms with E-state index < -0.39 is 0 Å². The third kappa shape index (κ3) is 3.39. The quantitative estimate of drug-likeness (QED) is 0.808. The van der Waals surface area contributed by atoms with Crippen LogP contribution >= 0.6 is 11.6 Å². The maximum atomic E-state index is 11.9. The van der Waals surface area contributed by atoms with E-state index in [1.165, 1.54) is 18.2 Å². The predicted octanol–water partition coefficient (Wildman–Crippen LogP) is 2.68. The Labute approximate surface area is 115 Å². The molecule has 0 unspecified atom stereocenters. The van der Waals surface area contributed by atoms with Crippen LogP contribution in [0.4, 0.5) is 0 Å². The van der Waals surface area contributed by atoms with Gasteiger partial charge in [0.1, 0.15) is 11.5 Å². The van der Waals surface area contributed by atoms with Crippen LogP contribution in [0, 0.1) is 0 Å². The fourth-order valence-electron chi connectivity index (χ4n) is 1.63. The van der Waals surface area contributed by atoms with Gasteiger partial charge in [0.2, 0.25) is 0 Å². The predicted molar refractivity (Wildman–Crippen MR) is 72.4 cm³/mol. The monoisotopic (exact) mass is 277 g/mol. The number of halogens is 1. The lowest BCUT2D eigenvalue weighted by molar-refractivity contribution is 0.0950. The summed E-state index contributed by atoms with van der Waals surface area (Å²) in [5.74, 6) is -0.265. The largest absolute Gasteiger partial charge is 0.508 e. The molecular weight excluding hydrogens is 266 g/mol. The average molecular weight is 278 g/mol. The molecule has 0 radical (unpaired) electrons. The summed E-state index contributed by atoms with van der Waals surface area (Å²) in [4.78, 5) is 11.9. The Morgan fingerprint density at radius 2 is 1.84 bits per heavy atom. The normalized spacial score (nSPS) is 10.2. The van der Waals surface area contributed by atoms with Crippen molar-refractivity contribution in [3.05, 3.63) is 58.6 Å². The molecule has 2 aromatic rings. The van der Waals surface area contributed by atoms with Crippen LogP contribution in [0.5, 0.6) is 11.5 Å². The Morgan fingerprint density at radius 1 is 1.11 bits per heavy atom. The molecule has 0 saturated heterocycles. The molecule has 5 heteroatoms. The van der Waals surface area contributed by atoms with Crippen molar-refractivity contribution in [3.63, 3.8) is 0 Å². The molecular formula is C14H12ClNO3. The van der Waals surface area contributed by atoms with Crippen molar-refractivity contribution >= 4 is 17.5 Å². The van der Waals surface area contributed by atoms with Gasteiger partial charge in [-0.05, 0) is 35.9 Å². The summed E-state index contributed by atoms with van der Waals surface area (Å²) in [7, 11) is 0. The van der Waals surface area contributed by atoms with E-state index in [9.17, 15) is 15.0 Å². The number of carbonyl (C=O) groups excluding carboxylic acids is 1. The molecule has 0 fully saturated rings. The first kappa shape index (κ1) is 13.2. The number of hydrogen-bond donors (Lipinski definition) is 3. The van der Waals surface area contributed by atoms with Crippen molar-refractivity contribution in [2.75, 3.05) is 0 Å². The molecule has 0 aliphatic carbocycles. The SMILES string of the molecule is O=C(NCc1cccc(O)c1)c1cc(O)ccc1Cl. The molecule has 98 valence electrons. The molecule has 0 aromatic heterocycles. The van der Waals surface area contributed by atoms with Crippen LogP contribution < -0.4 is 5.32 Å². The highest BCUT2D eigenvalue weighted by Gasteiger charge is 2.10. The number of nitrogens with one attached hydrogen (secondary N) is 1. The van der Waals surface area contributed by atoms with E-state index in [-0.39, 0.29) is 34.5 Å². The lowest BCUT2D eigenvalue weighted by Gasteiger charge is -2.07. The molecule has 2 rings (SSSR count). The Hall–Kier alpha value is -2.20. The van der Waals surface area contributed by atoms with Crippen molar-refractivity contribution in [1.82, 2.24) is 5.32 Å². The van der Waals surface area contributed by atoms with Gasteiger partial charge in [0.25, 0.3) is 5.91 Å². The smallest absolute Gasteiger partial charge is 0.253 e. The summed E-state index contributed by atoms with van der Waals surface area (Å²) < 4.78 is 0. The average Bonchev–Trinajstić information content (AvgIpc) is 2.39. The van der Waals surface area contributed by atoms with E-state index in [1.807, 2.05) is 0 Å². The van der Waals surface area contributed by atoms with E-state index in [4.69, 9.17) is 11.6 Å². The second-order valence-corrected chi connectivity index (χ2v) is 4.42. The third-order valence-corrected chi connectivity index (χ3v) is 2.89. The molecule has 0 saturated carbocycles. The standard InChI is InChI=1S/C14H12ClNO3/c15-13-5-4-11(18)7-12(13)14(19)16-8-9-2-1-3-10(17)6-9/h1-7,17-18H,8H2,(H,16,19). The van der Waals surface area contributed by atoms with Gasteiger partial charge in [-0.3, -0.25) is 4.79 Å². The summed E-state index contributed by atoms with van der Waals surface area (Å²) in [6.07, 6.45) is 0. The summed E-state index contributed by atoms with van der Waals surface area (Å²) in [5.41, 5.74) is 0.978. The van der Waals surface area contributed by atoms with E-state index in [0.29, 0.717) is 0 Å². The van der Waals surface area contributed by atoms with Crippen molar-refractivity contribution in [3.8, 4) is 11.5 Å². The van der Waals surface area contributed by atoms with Gasteiger partial charge in [0.05, 0.1) is 10.6 Å². The maximum Gasteiger partial charge on any atom is 0.253 e. The highest BCUT2D eigenvalue weighted by molar-refractivity contribution is 6.33. The summed E-state index contributed by atoms with van der Waals surface area (Å²) >= 11 is 5.89. The van der Waals surface area contributed by atoms with Gasteiger partial charge in [-0.1, -0.05) is 23.7 Å². The Bertz CT molecular complexity index is 613. The minimum atomic E-state index is -0.385. The number of phenols is 2. The first-order chi connectivity index (χ1) is 9.06. The summed E-state index contributed by atoms with van der Waals surface area (Å²) in [5, 5.41) is 21.6. The van der Waals surface area contributed by atoms with Crippen molar-refractivity contribution in [2.45, 2.75) is 6.54 Å². The van der Waals surface area contributed by atoms with Crippen LogP contribution in [-0.4, -0.2) is 16.1 Å². The van der Waals surface area contributed by atoms with Crippen LogP contribution in [-0.2, 0) is 6.54 Å². The van der Waals surface area contributed by atoms with Gasteiger partial charge in [-0.2, -0.15) is 0 Å². The summed E-state index contributed by atoms with van der Waals surface area (Å²) in [6.45, 7) is 0.263. The molecule has 0 bridgehead atoms. The highest BCUT2D eigenvalue weighted by atomic mass is 35.5. The first-order valence-corrected chi connectivity index (χ1v) is 5.98. The number of phenolic OH excluding ortho intramolecular Hbond substituents is 2. The van der Waals surface area contributed by atoms with Crippen LogP contribution in [0.25, 0.3) is 0 Å². The number of hydrogen-bond acceptors (Lipinski definition) is 3. The van der Waals surface area contributed by atoms with Gasteiger partial charge in [0.15, 0.2) is 0 Å². The van der Waals surface area contributed by atoms with Crippen molar-refractivity contribution in [1.29, 1.82) is 0 Å². The Morgan fingerprint density at radius 3 is 2.58 bits per heavy atom. The molecule has 3 N–H and O–H groups in total. The van der Waals surface area contributed by atoms with Gasteiger partial charge in [-0.25, -0.2) is 0 Å². The fourth-order valence-corrected chi connectivity index (χ4v) is 1.83. The molecule has 2 aromatic carbocycles. The van der Waals surface area contributed by atoms with Crippen LogP contribution in [0.1, 0.15) is 15.9 Å². The van der Waals surface area contributed by atoms with E-state index in [2.05, 4.69) is 5.32 Å². The van der Waals surface area contributed by atoms with Crippen LogP contribution in [0.3, 0.4) is 0 Å². The molecule has 0 aliphatic heterocycles. The van der Waals surface area contributed by atoms with Gasteiger partial charge >= 0.3 is 0 Å². The van der Waals surface area contributed by atoms with Crippen LogP contribution in [0.2, 0.25) is 5.02 Å². The number of benzene rings is 2. The number of carbonyl (C=O) groups is 1. The molecule has 1 amide bonds. The van der Waals surface area contributed by atoms with Crippen molar-refractivity contribution < 1.29 is 15.0 Å². The molecule has 0 spiro atoms. The minimum absolute atomic E-state index is 0.0214. The van der Waals surface area contributed by atoms with Gasteiger partial charge < -0.3 is 15.5 Å². The van der Waals surface area contributed by atoms with E-state index >= 15 is 0 Å². The third-order valence-electron chi connectivity index (χ3n) is 2.56. The van der Waals surface area contributed by atoms with Gasteiger partial charge in [0, 0.05) is 6.54 Å². The first-order valence-electron chi connectivity index (χ1n) is 5.61. The second kappa shape index (κ2) is 5.63. The molecule has 0 atom stereocenters. The highest BCUT2D eigenvalue weighted by Crippen LogP contribution is 2.21. The van der Waals surface area contributed by atoms with E-state index in [1.54, 1.807) is 24.3 Å². The molecule has 4 nitrogen and oxygen atoms in total. The zero-order valence-electron chi connectivity index (χ0n) is 9.93. The van der Waals surface area contributed by atoms with Gasteiger partial charge in [-0.15, -0.1) is 0 Å². The number of amides is 1. The zero-order valence-corrected chi connectivity index (χ0v) is 10.7. The second-order valence-electron chi connectivity index (χ2n) is 4.02. The Balaban J connectivity index is 2.07. The maximum absolute atomic E-state index is 11.9. The topological polar surface area (TPSA) is 69.6 Å².